The monoisotopic (exact) mass is 410 g/mol. The smallest absolute Gasteiger partial charge is 0.258 e. The first-order valence-electron chi connectivity index (χ1n) is 10.4. The molecule has 0 saturated carbocycles. The lowest BCUT2D eigenvalue weighted by molar-refractivity contribution is -0.125. The number of carbonyl (C=O) groups is 2. The van der Waals surface area contributed by atoms with Gasteiger partial charge in [-0.1, -0.05) is 37.3 Å². The lowest BCUT2D eigenvalue weighted by Crippen LogP contribution is -2.45. The number of nitrogens with one attached hydrogen (secondary N) is 2. The minimum Gasteiger partial charge on any atom is -0.484 e. The molecule has 160 valence electrons. The van der Waals surface area contributed by atoms with E-state index in [-0.39, 0.29) is 25.0 Å². The number of anilines is 1. The number of hydrogen-bond donors (Lipinski definition) is 2. The summed E-state index contributed by atoms with van der Waals surface area (Å²) in [6, 6.07) is 16.9. The number of piperazine rings is 1. The van der Waals surface area contributed by atoms with Crippen molar-refractivity contribution >= 4 is 17.5 Å². The van der Waals surface area contributed by atoms with Crippen LogP contribution in [0.15, 0.2) is 54.6 Å². The molecule has 30 heavy (non-hydrogen) atoms. The van der Waals surface area contributed by atoms with Crippen LogP contribution in [0.2, 0.25) is 0 Å². The van der Waals surface area contributed by atoms with Crippen LogP contribution >= 0.6 is 0 Å². The highest BCUT2D eigenvalue weighted by Gasteiger charge is 2.15. The molecular weight excluding hydrogens is 380 g/mol. The summed E-state index contributed by atoms with van der Waals surface area (Å²) in [5.41, 5.74) is 1.94. The van der Waals surface area contributed by atoms with Crippen LogP contribution in [-0.2, 0) is 16.1 Å². The van der Waals surface area contributed by atoms with E-state index in [4.69, 9.17) is 4.74 Å². The van der Waals surface area contributed by atoms with Gasteiger partial charge in [0.05, 0.1) is 6.54 Å². The van der Waals surface area contributed by atoms with Gasteiger partial charge in [-0.25, -0.2) is 0 Å². The van der Waals surface area contributed by atoms with Crippen LogP contribution in [-0.4, -0.2) is 67.5 Å². The number of nitrogens with zero attached hydrogens (tertiary/aromatic N) is 2. The largest absolute Gasteiger partial charge is 0.484 e. The maximum absolute atomic E-state index is 12.1. The summed E-state index contributed by atoms with van der Waals surface area (Å²) in [4.78, 5) is 28.8. The third-order valence-electron chi connectivity index (χ3n) is 5.12. The van der Waals surface area contributed by atoms with E-state index in [1.165, 1.54) is 5.56 Å². The molecule has 1 aliphatic rings. The first-order valence-corrected chi connectivity index (χ1v) is 10.4. The SMILES string of the molecule is CCN1CCN(Cc2ccc(NC(=O)CNC(=O)COc3ccccc3)cc2)CC1. The summed E-state index contributed by atoms with van der Waals surface area (Å²) in [6.45, 7) is 8.41. The van der Waals surface area contributed by atoms with E-state index < -0.39 is 0 Å². The molecule has 0 aliphatic carbocycles. The molecule has 2 aromatic carbocycles. The van der Waals surface area contributed by atoms with E-state index in [2.05, 4.69) is 27.4 Å². The van der Waals surface area contributed by atoms with Crippen LogP contribution in [0.25, 0.3) is 0 Å². The Balaban J connectivity index is 1.35. The Morgan fingerprint density at radius 2 is 1.57 bits per heavy atom. The Morgan fingerprint density at radius 3 is 2.23 bits per heavy atom. The van der Waals surface area contributed by atoms with E-state index in [1.807, 2.05) is 42.5 Å². The van der Waals surface area contributed by atoms with Gasteiger partial charge in [0.15, 0.2) is 6.61 Å². The molecule has 1 heterocycles. The van der Waals surface area contributed by atoms with Gasteiger partial charge >= 0.3 is 0 Å². The number of amides is 2. The van der Waals surface area contributed by atoms with E-state index in [9.17, 15) is 9.59 Å². The number of rotatable bonds is 9. The lowest BCUT2D eigenvalue weighted by Gasteiger charge is -2.34. The number of benzene rings is 2. The zero-order valence-corrected chi connectivity index (χ0v) is 17.5. The Bertz CT molecular complexity index is 803. The van der Waals surface area contributed by atoms with Crippen LogP contribution in [0.5, 0.6) is 5.75 Å². The first kappa shape index (κ1) is 21.8. The molecule has 7 heteroatoms. The van der Waals surface area contributed by atoms with Gasteiger partial charge in [0.1, 0.15) is 5.75 Å². The molecule has 2 amide bonds. The molecule has 3 rings (SSSR count). The Morgan fingerprint density at radius 1 is 0.900 bits per heavy atom. The number of likely N-dealkylation sites (N-methyl/N-ethyl adjacent to an activating group) is 1. The summed E-state index contributed by atoms with van der Waals surface area (Å²) < 4.78 is 5.36. The third-order valence-corrected chi connectivity index (χ3v) is 5.12. The van der Waals surface area contributed by atoms with Gasteiger partial charge in [-0.3, -0.25) is 14.5 Å². The average Bonchev–Trinajstić information content (AvgIpc) is 2.79. The van der Waals surface area contributed by atoms with Crippen LogP contribution < -0.4 is 15.4 Å². The molecule has 1 aliphatic heterocycles. The summed E-state index contributed by atoms with van der Waals surface area (Å²) in [6.07, 6.45) is 0. The van der Waals surface area contributed by atoms with Crippen molar-refractivity contribution in [3.8, 4) is 5.75 Å². The highest BCUT2D eigenvalue weighted by atomic mass is 16.5. The maximum Gasteiger partial charge on any atom is 0.258 e. The molecule has 0 radical (unpaired) electrons. The Hall–Kier alpha value is -2.90. The van der Waals surface area contributed by atoms with Gasteiger partial charge in [0.2, 0.25) is 5.91 Å². The van der Waals surface area contributed by atoms with Gasteiger partial charge in [0.25, 0.3) is 5.91 Å². The first-order chi connectivity index (χ1) is 14.6. The van der Waals surface area contributed by atoms with Crippen LogP contribution in [0, 0.1) is 0 Å². The van der Waals surface area contributed by atoms with Crippen molar-refractivity contribution in [1.82, 2.24) is 15.1 Å². The zero-order chi connectivity index (χ0) is 21.2. The second-order valence-corrected chi connectivity index (χ2v) is 7.33. The molecule has 2 N–H and O–H groups in total. The van der Waals surface area contributed by atoms with Crippen LogP contribution in [0.1, 0.15) is 12.5 Å². The highest BCUT2D eigenvalue weighted by Crippen LogP contribution is 2.13. The predicted molar refractivity (Wildman–Crippen MR) is 117 cm³/mol. The van der Waals surface area contributed by atoms with Crippen molar-refractivity contribution in [2.45, 2.75) is 13.5 Å². The summed E-state index contributed by atoms with van der Waals surface area (Å²) in [7, 11) is 0. The molecular formula is C23H30N4O3. The molecule has 7 nitrogen and oxygen atoms in total. The van der Waals surface area contributed by atoms with Crippen LogP contribution in [0.4, 0.5) is 5.69 Å². The Kier molecular flexibility index (Phi) is 8.23. The maximum atomic E-state index is 12.1. The third kappa shape index (κ3) is 7.17. The minimum atomic E-state index is -0.340. The molecule has 0 bridgehead atoms. The zero-order valence-electron chi connectivity index (χ0n) is 17.5. The van der Waals surface area contributed by atoms with Gasteiger partial charge in [0, 0.05) is 38.4 Å². The van der Waals surface area contributed by atoms with Crippen molar-refractivity contribution < 1.29 is 14.3 Å². The molecule has 0 aromatic heterocycles. The van der Waals surface area contributed by atoms with Crippen molar-refractivity contribution in [3.05, 3.63) is 60.2 Å². The normalized spacial score (nSPS) is 14.8. The fraction of sp³-hybridized carbons (Fsp3) is 0.391. The van der Waals surface area contributed by atoms with Gasteiger partial charge in [-0.15, -0.1) is 0 Å². The Labute approximate surface area is 178 Å². The summed E-state index contributed by atoms with van der Waals surface area (Å²) in [5.74, 6) is 0.00320. The van der Waals surface area contributed by atoms with E-state index in [1.54, 1.807) is 12.1 Å². The fourth-order valence-electron chi connectivity index (χ4n) is 3.32. The van der Waals surface area contributed by atoms with Gasteiger partial charge < -0.3 is 20.3 Å². The van der Waals surface area contributed by atoms with E-state index in [0.717, 1.165) is 39.3 Å². The standard InChI is InChI=1S/C23H30N4O3/c1-2-26-12-14-27(15-13-26)17-19-8-10-20(11-9-19)25-22(28)16-24-23(29)18-30-21-6-4-3-5-7-21/h3-11H,2,12-18H2,1H3,(H,24,29)(H,25,28). The van der Waals surface area contributed by atoms with Crippen molar-refractivity contribution in [2.24, 2.45) is 0 Å². The molecule has 0 spiro atoms. The van der Waals surface area contributed by atoms with Gasteiger partial charge in [-0.05, 0) is 36.4 Å². The molecule has 1 saturated heterocycles. The van der Waals surface area contributed by atoms with Crippen molar-refractivity contribution in [2.75, 3.05) is 51.2 Å². The lowest BCUT2D eigenvalue weighted by atomic mass is 10.1. The molecule has 0 unspecified atom stereocenters. The highest BCUT2D eigenvalue weighted by molar-refractivity contribution is 5.94. The van der Waals surface area contributed by atoms with Crippen LogP contribution in [0.3, 0.4) is 0 Å². The molecule has 0 atom stereocenters. The van der Waals surface area contributed by atoms with Gasteiger partial charge in [-0.2, -0.15) is 0 Å². The number of para-hydroxylation sites is 1. The molecule has 1 fully saturated rings. The number of carbonyl (C=O) groups excluding carboxylic acids is 2. The summed E-state index contributed by atoms with van der Waals surface area (Å²) >= 11 is 0. The second-order valence-electron chi connectivity index (χ2n) is 7.33. The second kappa shape index (κ2) is 11.3. The predicted octanol–water partition coefficient (Wildman–Crippen LogP) is 1.96. The summed E-state index contributed by atoms with van der Waals surface area (Å²) in [5, 5.41) is 5.36. The molecule has 2 aromatic rings. The minimum absolute atomic E-state index is 0.0968. The van der Waals surface area contributed by atoms with Crippen molar-refractivity contribution in [1.29, 1.82) is 0 Å². The number of ether oxygens (including phenoxy) is 1. The average molecular weight is 411 g/mol. The fourth-order valence-corrected chi connectivity index (χ4v) is 3.32. The number of hydrogen-bond acceptors (Lipinski definition) is 5. The van der Waals surface area contributed by atoms with Crippen molar-refractivity contribution in [3.63, 3.8) is 0 Å². The topological polar surface area (TPSA) is 73.9 Å². The van der Waals surface area contributed by atoms with E-state index in [0.29, 0.717) is 11.4 Å². The van der Waals surface area contributed by atoms with E-state index >= 15 is 0 Å². The quantitative estimate of drug-likeness (QED) is 0.661.